The van der Waals surface area contributed by atoms with E-state index in [9.17, 15) is 9.59 Å². The van der Waals surface area contributed by atoms with Crippen LogP contribution in [0.15, 0.2) is 18.2 Å². The lowest BCUT2D eigenvalue weighted by atomic mass is 9.95. The van der Waals surface area contributed by atoms with Crippen LogP contribution in [0.2, 0.25) is 0 Å². The second kappa shape index (κ2) is 8.37. The fourth-order valence-corrected chi connectivity index (χ4v) is 3.60. The fourth-order valence-electron chi connectivity index (χ4n) is 3.60. The van der Waals surface area contributed by atoms with Crippen molar-refractivity contribution >= 4 is 12.1 Å². The van der Waals surface area contributed by atoms with Crippen LogP contribution >= 0.6 is 0 Å². The van der Waals surface area contributed by atoms with Crippen LogP contribution in [0.5, 0.6) is 11.5 Å². The molecule has 0 aromatic heterocycles. The number of carbonyl (C=O) groups excluding carboxylic acids is 2. The third-order valence-corrected chi connectivity index (χ3v) is 5.05. The number of hydrogen-bond donors (Lipinski definition) is 2. The number of urea groups is 1. The van der Waals surface area contributed by atoms with Gasteiger partial charge in [-0.05, 0) is 25.8 Å². The molecule has 3 rings (SSSR count). The lowest BCUT2D eigenvalue weighted by molar-refractivity contribution is 0.0453. The normalized spacial score (nSPS) is 22.0. The summed E-state index contributed by atoms with van der Waals surface area (Å²) < 4.78 is 16.5. The molecule has 2 N–H and O–H groups in total. The molecule has 1 atom stereocenters. The Hall–Kier alpha value is -2.64. The van der Waals surface area contributed by atoms with E-state index in [0.29, 0.717) is 50.7 Å². The minimum atomic E-state index is -0.471. The minimum Gasteiger partial charge on any atom is -0.493 e. The highest BCUT2D eigenvalue weighted by atomic mass is 16.6. The van der Waals surface area contributed by atoms with Gasteiger partial charge in [0.05, 0.1) is 20.3 Å². The van der Waals surface area contributed by atoms with Gasteiger partial charge in [0.1, 0.15) is 5.60 Å². The maximum absolute atomic E-state index is 12.6. The third kappa shape index (κ3) is 4.37. The van der Waals surface area contributed by atoms with Crippen LogP contribution in [0.3, 0.4) is 0 Å². The zero-order valence-electron chi connectivity index (χ0n) is 15.9. The number of methoxy groups -OCH3 is 1. The lowest BCUT2D eigenvalue weighted by Gasteiger charge is -2.25. The fraction of sp³-hybridized carbons (Fsp3) is 0.579. The molecule has 0 saturated carbocycles. The Morgan fingerprint density at radius 3 is 2.93 bits per heavy atom. The van der Waals surface area contributed by atoms with Gasteiger partial charge in [0.15, 0.2) is 11.5 Å². The molecule has 0 bridgehead atoms. The highest BCUT2D eigenvalue weighted by molar-refractivity contribution is 5.74. The van der Waals surface area contributed by atoms with Crippen LogP contribution in [0.4, 0.5) is 9.59 Å². The molecule has 0 aliphatic carbocycles. The molecule has 0 radical (unpaired) electrons. The number of para-hydroxylation sites is 1. The Kier molecular flexibility index (Phi) is 5.93. The van der Waals surface area contributed by atoms with E-state index in [-0.39, 0.29) is 12.1 Å². The molecule has 148 valence electrons. The summed E-state index contributed by atoms with van der Waals surface area (Å²) in [5.41, 5.74) is 0.394. The summed E-state index contributed by atoms with van der Waals surface area (Å²) in [7, 11) is 1.60. The molecule has 2 fully saturated rings. The zero-order chi connectivity index (χ0) is 19.3. The molecule has 3 amide bonds. The monoisotopic (exact) mass is 377 g/mol. The number of carbonyl (C=O) groups is 2. The molecule has 1 aromatic rings. The van der Waals surface area contributed by atoms with E-state index in [1.54, 1.807) is 12.0 Å². The molecule has 2 aliphatic heterocycles. The summed E-state index contributed by atoms with van der Waals surface area (Å²) in [6.07, 6.45) is 1.84. The Morgan fingerprint density at radius 2 is 2.22 bits per heavy atom. The van der Waals surface area contributed by atoms with E-state index < -0.39 is 5.60 Å². The molecular weight excluding hydrogens is 350 g/mol. The van der Waals surface area contributed by atoms with Gasteiger partial charge in [-0.2, -0.15) is 0 Å². The van der Waals surface area contributed by atoms with E-state index >= 15 is 0 Å². The number of likely N-dealkylation sites (tertiary alicyclic amines) is 1. The quantitative estimate of drug-likeness (QED) is 0.822. The average Bonchev–Trinajstić information content (AvgIpc) is 2.91. The molecule has 2 saturated heterocycles. The van der Waals surface area contributed by atoms with E-state index in [4.69, 9.17) is 14.2 Å². The number of benzene rings is 1. The third-order valence-electron chi connectivity index (χ3n) is 5.05. The maximum Gasteiger partial charge on any atom is 0.407 e. The average molecular weight is 377 g/mol. The van der Waals surface area contributed by atoms with Crippen molar-refractivity contribution in [3.05, 3.63) is 23.8 Å². The predicted octanol–water partition coefficient (Wildman–Crippen LogP) is 2.27. The van der Waals surface area contributed by atoms with E-state index in [0.717, 1.165) is 18.4 Å². The first-order valence-electron chi connectivity index (χ1n) is 9.35. The first kappa shape index (κ1) is 19.1. The number of nitrogens with one attached hydrogen (secondary N) is 2. The van der Waals surface area contributed by atoms with Crippen molar-refractivity contribution in [1.29, 1.82) is 0 Å². The van der Waals surface area contributed by atoms with Crippen LogP contribution < -0.4 is 20.1 Å². The molecule has 2 heterocycles. The summed E-state index contributed by atoms with van der Waals surface area (Å²) in [6.45, 7) is 4.49. The Balaban J connectivity index is 1.59. The van der Waals surface area contributed by atoms with E-state index in [1.807, 2.05) is 25.1 Å². The smallest absolute Gasteiger partial charge is 0.407 e. The zero-order valence-corrected chi connectivity index (χ0v) is 15.9. The Labute approximate surface area is 159 Å². The SMILES string of the molecule is CCOc1c(CNC(=O)N2CCC[C@@]3(CC2)CNC(=O)O3)cccc1OC. The van der Waals surface area contributed by atoms with Crippen LogP contribution in [0.25, 0.3) is 0 Å². The largest absolute Gasteiger partial charge is 0.493 e. The molecular formula is C19H27N3O5. The van der Waals surface area contributed by atoms with E-state index in [1.165, 1.54) is 0 Å². The van der Waals surface area contributed by atoms with Gasteiger partial charge in [0.2, 0.25) is 0 Å². The van der Waals surface area contributed by atoms with Gasteiger partial charge in [-0.3, -0.25) is 0 Å². The van der Waals surface area contributed by atoms with Crippen molar-refractivity contribution in [2.24, 2.45) is 0 Å². The topological polar surface area (TPSA) is 89.1 Å². The van der Waals surface area contributed by atoms with Gasteiger partial charge in [0.25, 0.3) is 0 Å². The standard InChI is InChI=1S/C19H27N3O5/c1-3-26-16-14(6-4-7-15(16)25-2)12-20-17(23)22-10-5-8-19(9-11-22)13-21-18(24)27-19/h4,6-7H,3,5,8-13H2,1-2H3,(H,20,23)(H,21,24)/t19-/m1/s1. The highest BCUT2D eigenvalue weighted by Gasteiger charge is 2.41. The molecule has 0 unspecified atom stereocenters. The molecule has 27 heavy (non-hydrogen) atoms. The molecule has 1 spiro atoms. The van der Waals surface area contributed by atoms with Crippen LogP contribution in [-0.4, -0.2) is 56.0 Å². The summed E-state index contributed by atoms with van der Waals surface area (Å²) in [5.74, 6) is 1.30. The Morgan fingerprint density at radius 1 is 1.37 bits per heavy atom. The van der Waals surface area contributed by atoms with Gasteiger partial charge in [-0.1, -0.05) is 12.1 Å². The second-order valence-corrected chi connectivity index (χ2v) is 6.81. The number of nitrogens with zero attached hydrogens (tertiary/aromatic N) is 1. The summed E-state index contributed by atoms with van der Waals surface area (Å²) >= 11 is 0. The van der Waals surface area contributed by atoms with E-state index in [2.05, 4.69) is 10.6 Å². The number of alkyl carbamates (subject to hydrolysis) is 1. The lowest BCUT2D eigenvalue weighted by Crippen LogP contribution is -2.41. The summed E-state index contributed by atoms with van der Waals surface area (Å²) in [4.78, 5) is 25.8. The number of amides is 3. The molecule has 2 aliphatic rings. The van der Waals surface area contributed by atoms with Crippen molar-refractivity contribution in [1.82, 2.24) is 15.5 Å². The van der Waals surface area contributed by atoms with Crippen molar-refractivity contribution in [3.63, 3.8) is 0 Å². The Bertz CT molecular complexity index is 696. The van der Waals surface area contributed by atoms with Crippen molar-refractivity contribution in [3.8, 4) is 11.5 Å². The second-order valence-electron chi connectivity index (χ2n) is 6.81. The van der Waals surface area contributed by atoms with Gasteiger partial charge in [-0.15, -0.1) is 0 Å². The van der Waals surface area contributed by atoms with Crippen molar-refractivity contribution < 1.29 is 23.8 Å². The number of hydrogen-bond acceptors (Lipinski definition) is 5. The predicted molar refractivity (Wildman–Crippen MR) is 99.0 cm³/mol. The van der Waals surface area contributed by atoms with Crippen molar-refractivity contribution in [2.45, 2.75) is 38.3 Å². The minimum absolute atomic E-state index is 0.130. The van der Waals surface area contributed by atoms with Crippen LogP contribution in [-0.2, 0) is 11.3 Å². The number of ether oxygens (including phenoxy) is 3. The first-order valence-corrected chi connectivity index (χ1v) is 9.35. The van der Waals surface area contributed by atoms with Crippen LogP contribution in [0, 0.1) is 0 Å². The number of rotatable bonds is 5. The summed E-state index contributed by atoms with van der Waals surface area (Å²) in [6, 6.07) is 5.49. The first-order chi connectivity index (χ1) is 13.1. The summed E-state index contributed by atoms with van der Waals surface area (Å²) in [5, 5.41) is 5.68. The molecule has 8 nitrogen and oxygen atoms in total. The highest BCUT2D eigenvalue weighted by Crippen LogP contribution is 2.31. The maximum atomic E-state index is 12.6. The van der Waals surface area contributed by atoms with Gasteiger partial charge in [-0.25, -0.2) is 9.59 Å². The molecule has 8 heteroatoms. The van der Waals surface area contributed by atoms with Crippen molar-refractivity contribution in [2.75, 3.05) is 33.4 Å². The van der Waals surface area contributed by atoms with Gasteiger partial charge < -0.3 is 29.7 Å². The van der Waals surface area contributed by atoms with Crippen LogP contribution in [0.1, 0.15) is 31.7 Å². The van der Waals surface area contributed by atoms with Gasteiger partial charge in [0, 0.05) is 31.6 Å². The van der Waals surface area contributed by atoms with Gasteiger partial charge >= 0.3 is 12.1 Å². The molecule has 1 aromatic carbocycles.